The first kappa shape index (κ1) is 13.7. The zero-order chi connectivity index (χ0) is 13.9. The van der Waals surface area contributed by atoms with Crippen LogP contribution in [-0.4, -0.2) is 24.0 Å². The Kier molecular flexibility index (Phi) is 4.08. The van der Waals surface area contributed by atoms with E-state index in [1.54, 1.807) is 0 Å². The van der Waals surface area contributed by atoms with Crippen molar-refractivity contribution in [2.75, 3.05) is 13.1 Å². The lowest BCUT2D eigenvalue weighted by Crippen LogP contribution is -2.36. The molecule has 1 aliphatic carbocycles. The lowest BCUT2D eigenvalue weighted by molar-refractivity contribution is 0.188. The maximum absolute atomic E-state index is 6.11. The van der Waals surface area contributed by atoms with Crippen molar-refractivity contribution >= 4 is 11.0 Å². The molecule has 1 aromatic heterocycles. The molecule has 2 aromatic rings. The highest BCUT2D eigenvalue weighted by molar-refractivity contribution is 5.81. The normalized spacial score (nSPS) is 16.9. The molecule has 0 bridgehead atoms. The second kappa shape index (κ2) is 5.98. The molecule has 20 heavy (non-hydrogen) atoms. The first-order valence-corrected chi connectivity index (χ1v) is 7.77. The monoisotopic (exact) mass is 272 g/mol. The molecule has 1 atom stereocenters. The molecule has 0 spiro atoms. The van der Waals surface area contributed by atoms with Crippen LogP contribution in [0.15, 0.2) is 34.9 Å². The summed E-state index contributed by atoms with van der Waals surface area (Å²) >= 11 is 0. The van der Waals surface area contributed by atoms with Gasteiger partial charge in [-0.2, -0.15) is 0 Å². The molecule has 0 aliphatic heterocycles. The maximum atomic E-state index is 6.11. The van der Waals surface area contributed by atoms with Crippen molar-refractivity contribution in [2.45, 2.75) is 44.7 Å². The third-order valence-corrected chi connectivity index (χ3v) is 4.28. The minimum Gasteiger partial charge on any atom is -0.464 e. The van der Waals surface area contributed by atoms with E-state index in [2.05, 4.69) is 24.0 Å². The van der Waals surface area contributed by atoms with Crippen LogP contribution in [0.25, 0.3) is 11.0 Å². The number of unbranched alkanes of at least 4 members (excludes halogenated alkanes) is 1. The van der Waals surface area contributed by atoms with E-state index in [1.807, 2.05) is 18.4 Å². The fourth-order valence-corrected chi connectivity index (χ4v) is 3.04. The van der Waals surface area contributed by atoms with Crippen LogP contribution in [0, 0.1) is 0 Å². The Balaban J connectivity index is 1.91. The van der Waals surface area contributed by atoms with Gasteiger partial charge in [0.25, 0.3) is 0 Å². The van der Waals surface area contributed by atoms with Crippen LogP contribution in [0.3, 0.4) is 0 Å². The quantitative estimate of drug-likeness (QED) is 0.835. The zero-order valence-electron chi connectivity index (χ0n) is 12.2. The molecule has 108 valence electrons. The molecular formula is C17H24N2O. The summed E-state index contributed by atoms with van der Waals surface area (Å²) in [5, 5.41) is 1.21. The predicted molar refractivity (Wildman–Crippen MR) is 82.6 cm³/mol. The van der Waals surface area contributed by atoms with Crippen LogP contribution in [-0.2, 0) is 0 Å². The van der Waals surface area contributed by atoms with E-state index >= 15 is 0 Å². The van der Waals surface area contributed by atoms with Crippen LogP contribution in [0.1, 0.15) is 44.2 Å². The van der Waals surface area contributed by atoms with Crippen LogP contribution in [0.2, 0.25) is 0 Å². The van der Waals surface area contributed by atoms with Gasteiger partial charge in [0.15, 0.2) is 0 Å². The highest BCUT2D eigenvalue weighted by atomic mass is 16.3. The number of hydrogen-bond acceptors (Lipinski definition) is 3. The number of nitrogens with two attached hydrogens (primary N) is 1. The minimum absolute atomic E-state index is 0.290. The first-order valence-electron chi connectivity index (χ1n) is 7.77. The number of fused-ring (bicyclic) bond motifs is 1. The van der Waals surface area contributed by atoms with Gasteiger partial charge in [0.2, 0.25) is 0 Å². The van der Waals surface area contributed by atoms with Gasteiger partial charge in [-0.3, -0.25) is 4.90 Å². The summed E-state index contributed by atoms with van der Waals surface area (Å²) in [5.41, 5.74) is 8.33. The van der Waals surface area contributed by atoms with E-state index in [-0.39, 0.29) is 6.04 Å². The standard InChI is InChI=1S/C17H24N2O/c1-2-3-10-19(13-8-9-13)16(11-18)15-12-20-17-7-5-4-6-14(15)17/h4-7,12-13,16H,2-3,8-11,18H2,1H3. The third kappa shape index (κ3) is 2.60. The van der Waals surface area contributed by atoms with Gasteiger partial charge in [-0.15, -0.1) is 0 Å². The molecule has 1 aromatic carbocycles. The van der Waals surface area contributed by atoms with Gasteiger partial charge in [0.05, 0.1) is 12.3 Å². The molecule has 0 saturated heterocycles. The van der Waals surface area contributed by atoms with Crippen molar-refractivity contribution in [1.82, 2.24) is 4.90 Å². The fourth-order valence-electron chi connectivity index (χ4n) is 3.04. The molecule has 3 heteroatoms. The van der Waals surface area contributed by atoms with Crippen molar-refractivity contribution in [2.24, 2.45) is 5.73 Å². The summed E-state index contributed by atoms with van der Waals surface area (Å²) in [6, 6.07) is 9.27. The van der Waals surface area contributed by atoms with Gasteiger partial charge in [-0.1, -0.05) is 31.5 Å². The number of nitrogens with zero attached hydrogens (tertiary/aromatic N) is 1. The van der Waals surface area contributed by atoms with Crippen molar-refractivity contribution in [3.8, 4) is 0 Å². The second-order valence-corrected chi connectivity index (χ2v) is 5.76. The van der Waals surface area contributed by atoms with Crippen molar-refractivity contribution in [1.29, 1.82) is 0 Å². The van der Waals surface area contributed by atoms with Crippen LogP contribution in [0.4, 0.5) is 0 Å². The van der Waals surface area contributed by atoms with Gasteiger partial charge < -0.3 is 10.2 Å². The van der Waals surface area contributed by atoms with E-state index in [0.29, 0.717) is 6.54 Å². The minimum atomic E-state index is 0.290. The molecule has 2 N–H and O–H groups in total. The number of hydrogen-bond donors (Lipinski definition) is 1. The van der Waals surface area contributed by atoms with Crippen LogP contribution in [0.5, 0.6) is 0 Å². The van der Waals surface area contributed by atoms with E-state index in [9.17, 15) is 0 Å². The lowest BCUT2D eigenvalue weighted by atomic mass is 10.0. The van der Waals surface area contributed by atoms with Crippen molar-refractivity contribution < 1.29 is 4.42 Å². The summed E-state index contributed by atoms with van der Waals surface area (Å²) in [4.78, 5) is 2.60. The Bertz CT molecular complexity index is 559. The molecule has 0 amide bonds. The smallest absolute Gasteiger partial charge is 0.134 e. The molecule has 3 nitrogen and oxygen atoms in total. The molecule has 1 heterocycles. The van der Waals surface area contributed by atoms with Crippen molar-refractivity contribution in [3.63, 3.8) is 0 Å². The average molecular weight is 272 g/mol. The summed E-state index contributed by atoms with van der Waals surface area (Å²) in [7, 11) is 0. The molecule has 0 radical (unpaired) electrons. The van der Waals surface area contributed by atoms with E-state index in [0.717, 1.165) is 18.2 Å². The maximum Gasteiger partial charge on any atom is 0.134 e. The topological polar surface area (TPSA) is 42.4 Å². The van der Waals surface area contributed by atoms with Gasteiger partial charge in [0, 0.05) is 23.5 Å². The highest BCUT2D eigenvalue weighted by Crippen LogP contribution is 2.37. The van der Waals surface area contributed by atoms with Gasteiger partial charge >= 0.3 is 0 Å². The molecular weight excluding hydrogens is 248 g/mol. The first-order chi connectivity index (χ1) is 9.85. The Hall–Kier alpha value is -1.32. The molecule has 1 aliphatic rings. The number of benzene rings is 1. The Morgan fingerprint density at radius 1 is 1.35 bits per heavy atom. The Morgan fingerprint density at radius 3 is 2.85 bits per heavy atom. The zero-order valence-corrected chi connectivity index (χ0v) is 12.2. The van der Waals surface area contributed by atoms with Gasteiger partial charge in [-0.05, 0) is 31.9 Å². The number of para-hydroxylation sites is 1. The van der Waals surface area contributed by atoms with Crippen LogP contribution < -0.4 is 5.73 Å². The van der Waals surface area contributed by atoms with Crippen LogP contribution >= 0.6 is 0 Å². The number of rotatable bonds is 7. The van der Waals surface area contributed by atoms with E-state index < -0.39 is 0 Å². The third-order valence-electron chi connectivity index (χ3n) is 4.28. The van der Waals surface area contributed by atoms with E-state index in [1.165, 1.54) is 36.6 Å². The SMILES string of the molecule is CCCCN(C1CC1)C(CN)c1coc2ccccc12. The van der Waals surface area contributed by atoms with Crippen molar-refractivity contribution in [3.05, 3.63) is 36.1 Å². The molecule has 1 saturated carbocycles. The fraction of sp³-hybridized carbons (Fsp3) is 0.529. The predicted octanol–water partition coefficient (Wildman–Crippen LogP) is 3.70. The Morgan fingerprint density at radius 2 is 2.15 bits per heavy atom. The molecule has 1 unspecified atom stereocenters. The van der Waals surface area contributed by atoms with Gasteiger partial charge in [0.1, 0.15) is 5.58 Å². The summed E-state index contributed by atoms with van der Waals surface area (Å²) < 4.78 is 5.70. The Labute approximate surface area is 120 Å². The molecule has 1 fully saturated rings. The molecule has 3 rings (SSSR count). The summed E-state index contributed by atoms with van der Waals surface area (Å²) in [6.45, 7) is 4.04. The van der Waals surface area contributed by atoms with Gasteiger partial charge in [-0.25, -0.2) is 0 Å². The summed E-state index contributed by atoms with van der Waals surface area (Å²) in [6.07, 6.45) is 7.00. The second-order valence-electron chi connectivity index (χ2n) is 5.76. The largest absolute Gasteiger partial charge is 0.464 e. The van der Waals surface area contributed by atoms with E-state index in [4.69, 9.17) is 10.2 Å². The lowest BCUT2D eigenvalue weighted by Gasteiger charge is -2.30. The average Bonchev–Trinajstić information content (AvgIpc) is 3.24. The summed E-state index contributed by atoms with van der Waals surface area (Å²) in [5.74, 6) is 0. The highest BCUT2D eigenvalue weighted by Gasteiger charge is 2.34. The number of furan rings is 1.